The lowest BCUT2D eigenvalue weighted by molar-refractivity contribution is -0.126. The molecule has 0 radical (unpaired) electrons. The number of ether oxygens (including phenoxy) is 1. The minimum atomic E-state index is -0.708. The lowest BCUT2D eigenvalue weighted by Gasteiger charge is -2.28. The number of allylic oxidation sites excluding steroid dienone is 4. The number of aliphatic imine (C=N–C) groups is 1. The third-order valence-electron chi connectivity index (χ3n) is 7.75. The van der Waals surface area contributed by atoms with E-state index in [2.05, 4.69) is 48.7 Å². The number of hydrogen-bond acceptors (Lipinski definition) is 5. The number of carbonyl (C=O) groups is 3. The van der Waals surface area contributed by atoms with Gasteiger partial charge in [-0.1, -0.05) is 127 Å². The molecule has 4 aromatic carbocycles. The van der Waals surface area contributed by atoms with Gasteiger partial charge in [0.25, 0.3) is 11.8 Å². The molecule has 0 atom stereocenters. The Labute approximate surface area is 319 Å². The largest absolute Gasteiger partial charge is 0.487 e. The van der Waals surface area contributed by atoms with Crippen LogP contribution in [0, 0.1) is 6.92 Å². The second kappa shape index (κ2) is 17.9. The Hall–Kier alpha value is -4.77. The monoisotopic (exact) mass is 823 g/mol. The topological polar surface area (TPSA) is 88.1 Å². The summed E-state index contributed by atoms with van der Waals surface area (Å²) in [6.45, 7) is 7.90. The third kappa shape index (κ3) is 9.72. The Morgan fingerprint density at radius 3 is 2.14 bits per heavy atom. The van der Waals surface area contributed by atoms with Gasteiger partial charge < -0.3 is 10.1 Å². The number of amides is 3. The van der Waals surface area contributed by atoms with Gasteiger partial charge in [-0.3, -0.25) is 19.3 Å². The molecule has 5 rings (SSSR count). The lowest BCUT2D eigenvalue weighted by atomic mass is 9.99. The van der Waals surface area contributed by atoms with Crippen molar-refractivity contribution in [3.05, 3.63) is 176 Å². The van der Waals surface area contributed by atoms with Crippen LogP contribution in [-0.4, -0.2) is 33.5 Å². The van der Waals surface area contributed by atoms with Crippen LogP contribution < -0.4 is 10.1 Å². The van der Waals surface area contributed by atoms with Crippen molar-refractivity contribution in [2.45, 2.75) is 26.5 Å². The molecule has 1 aliphatic rings. The van der Waals surface area contributed by atoms with Gasteiger partial charge in [0, 0.05) is 5.70 Å². The average Bonchev–Trinajstić information content (AvgIpc) is 3.13. The van der Waals surface area contributed by atoms with Crippen LogP contribution in [0.2, 0.25) is 0 Å². The van der Waals surface area contributed by atoms with Crippen LogP contribution in [0.15, 0.2) is 153 Å². The predicted molar refractivity (Wildman–Crippen MR) is 213 cm³/mol. The predicted octanol–water partition coefficient (Wildman–Crippen LogP) is 9.49. The highest BCUT2D eigenvalue weighted by molar-refractivity contribution is 9.11. The smallest absolute Gasteiger partial charge is 0.285 e. The second-order valence-electron chi connectivity index (χ2n) is 11.4. The van der Waals surface area contributed by atoms with Crippen molar-refractivity contribution in [2.24, 2.45) is 4.99 Å². The Morgan fingerprint density at radius 1 is 0.961 bits per heavy atom. The number of hydrogen-bond donors (Lipinski definition) is 1. The lowest BCUT2D eigenvalue weighted by Crippen LogP contribution is -2.42. The van der Waals surface area contributed by atoms with E-state index >= 15 is 0 Å². The van der Waals surface area contributed by atoms with Gasteiger partial charge in [-0.05, 0) is 92.2 Å². The standard InChI is InChI=1S/C41H35Br2N3O4S/c1-4-6-17-32(5-2)46-40(49)33(22-29-23-34(42)38(35(43)24-29)50-25-28-20-18-27(3)19-21-28)39(48)45-41(46)51-26-36(47)44-37(30-13-9-7-10-14-30)31-15-11-8-12-16-31/h4-24,37H,1,25-26H2,2-3H3,(H,44,47)/b17-6-,32-5+,33-22+. The number of aryl methyl sites for hydroxylation is 1. The first-order valence-electron chi connectivity index (χ1n) is 16.0. The fourth-order valence-electron chi connectivity index (χ4n) is 5.20. The second-order valence-corrected chi connectivity index (χ2v) is 14.1. The molecule has 0 saturated carbocycles. The molecular weight excluding hydrogens is 790 g/mol. The zero-order chi connectivity index (χ0) is 36.3. The number of nitrogens with one attached hydrogen (secondary N) is 1. The normalized spacial score (nSPS) is 14.3. The molecule has 7 nitrogen and oxygen atoms in total. The molecule has 3 amide bonds. The van der Waals surface area contributed by atoms with Gasteiger partial charge in [0.05, 0.1) is 20.7 Å². The molecule has 0 aliphatic carbocycles. The van der Waals surface area contributed by atoms with Crippen molar-refractivity contribution in [1.82, 2.24) is 10.2 Å². The van der Waals surface area contributed by atoms with Crippen LogP contribution in [0.5, 0.6) is 5.75 Å². The maximum Gasteiger partial charge on any atom is 0.285 e. The summed E-state index contributed by atoms with van der Waals surface area (Å²) in [5, 5.41) is 3.20. The number of rotatable bonds is 12. The Morgan fingerprint density at radius 2 is 1.57 bits per heavy atom. The number of halogens is 2. The van der Waals surface area contributed by atoms with Gasteiger partial charge in [-0.25, -0.2) is 0 Å². The van der Waals surface area contributed by atoms with Crippen molar-refractivity contribution in [3.8, 4) is 5.75 Å². The van der Waals surface area contributed by atoms with Gasteiger partial charge in [0.15, 0.2) is 5.17 Å². The molecule has 0 fully saturated rings. The molecule has 10 heteroatoms. The number of carbonyl (C=O) groups excluding carboxylic acids is 3. The molecular formula is C41H35Br2N3O4S. The molecule has 4 aromatic rings. The van der Waals surface area contributed by atoms with Crippen molar-refractivity contribution in [3.63, 3.8) is 0 Å². The van der Waals surface area contributed by atoms with Crippen LogP contribution >= 0.6 is 43.6 Å². The van der Waals surface area contributed by atoms with Crippen LogP contribution in [0.1, 0.15) is 40.8 Å². The van der Waals surface area contributed by atoms with E-state index < -0.39 is 11.8 Å². The van der Waals surface area contributed by atoms with E-state index in [4.69, 9.17) is 4.74 Å². The van der Waals surface area contributed by atoms with Crippen LogP contribution in [0.3, 0.4) is 0 Å². The van der Waals surface area contributed by atoms with Gasteiger partial charge in [-0.15, -0.1) is 0 Å². The van der Waals surface area contributed by atoms with Crippen LogP contribution in [-0.2, 0) is 21.0 Å². The highest BCUT2D eigenvalue weighted by Crippen LogP contribution is 2.37. The summed E-state index contributed by atoms with van der Waals surface area (Å²) in [5.74, 6) is -1.07. The Kier molecular flexibility index (Phi) is 13.2. The summed E-state index contributed by atoms with van der Waals surface area (Å²) >= 11 is 8.18. The molecule has 0 saturated heterocycles. The number of thioether (sulfide) groups is 1. The summed E-state index contributed by atoms with van der Waals surface area (Å²) < 4.78 is 7.36. The summed E-state index contributed by atoms with van der Waals surface area (Å²) in [4.78, 5) is 46.7. The van der Waals surface area contributed by atoms with Crippen molar-refractivity contribution in [2.75, 3.05) is 5.75 Å². The molecule has 0 aromatic heterocycles. The first-order valence-corrected chi connectivity index (χ1v) is 18.6. The minimum absolute atomic E-state index is 0.0861. The highest BCUT2D eigenvalue weighted by atomic mass is 79.9. The summed E-state index contributed by atoms with van der Waals surface area (Å²) in [7, 11) is 0. The SMILES string of the molecule is C=C/C=C\C(=C/C)N1C(=O)/C(=C/c2cc(Br)c(OCc3ccc(C)cc3)c(Br)c2)C(=O)N=C1SCC(=O)NC(c1ccccc1)c1ccccc1. The van der Waals surface area contributed by atoms with Gasteiger partial charge >= 0.3 is 0 Å². The number of nitrogens with zero attached hydrogens (tertiary/aromatic N) is 2. The van der Waals surface area contributed by atoms with Crippen molar-refractivity contribution >= 4 is 72.6 Å². The molecule has 0 bridgehead atoms. The van der Waals surface area contributed by atoms with E-state index in [0.29, 0.717) is 32.6 Å². The maximum absolute atomic E-state index is 14.1. The van der Waals surface area contributed by atoms with Gasteiger partial charge in [0.1, 0.15) is 17.9 Å². The van der Waals surface area contributed by atoms with E-state index in [-0.39, 0.29) is 28.4 Å². The fourth-order valence-corrected chi connectivity index (χ4v) is 7.46. The fraction of sp³-hybridized carbons (Fsp3) is 0.122. The Bertz CT molecular complexity index is 1980. The molecule has 258 valence electrons. The quantitative estimate of drug-likeness (QED) is 0.0874. The summed E-state index contributed by atoms with van der Waals surface area (Å²) in [6.07, 6.45) is 8.20. The molecule has 0 unspecified atom stereocenters. The van der Waals surface area contributed by atoms with Crippen molar-refractivity contribution in [1.29, 1.82) is 0 Å². The first kappa shape index (κ1) is 37.5. The van der Waals surface area contributed by atoms with E-state index in [9.17, 15) is 14.4 Å². The Balaban J connectivity index is 1.39. The number of amidine groups is 1. The summed E-state index contributed by atoms with van der Waals surface area (Å²) in [5.41, 5.74) is 4.95. The zero-order valence-electron chi connectivity index (χ0n) is 28.0. The molecule has 51 heavy (non-hydrogen) atoms. The molecule has 0 spiro atoms. The van der Waals surface area contributed by atoms with Gasteiger partial charge in [0.2, 0.25) is 5.91 Å². The number of benzene rings is 4. The van der Waals surface area contributed by atoms with E-state index in [1.165, 1.54) is 16.5 Å². The van der Waals surface area contributed by atoms with Gasteiger partial charge in [-0.2, -0.15) is 4.99 Å². The van der Waals surface area contributed by atoms with Crippen molar-refractivity contribution < 1.29 is 19.1 Å². The third-order valence-corrected chi connectivity index (χ3v) is 9.86. The van der Waals surface area contributed by atoms with E-state index in [1.54, 1.807) is 43.4 Å². The molecule has 1 aliphatic heterocycles. The summed E-state index contributed by atoms with van der Waals surface area (Å²) in [6, 6.07) is 30.6. The van der Waals surface area contributed by atoms with E-state index in [0.717, 1.165) is 28.5 Å². The highest BCUT2D eigenvalue weighted by Gasteiger charge is 2.35. The average molecular weight is 826 g/mol. The minimum Gasteiger partial charge on any atom is -0.487 e. The van der Waals surface area contributed by atoms with Crippen LogP contribution in [0.4, 0.5) is 0 Å². The van der Waals surface area contributed by atoms with Crippen LogP contribution in [0.25, 0.3) is 6.08 Å². The molecule has 1 heterocycles. The van der Waals surface area contributed by atoms with E-state index in [1.807, 2.05) is 91.9 Å². The first-order chi connectivity index (χ1) is 24.7. The maximum atomic E-state index is 14.1. The molecule has 1 N–H and O–H groups in total. The zero-order valence-corrected chi connectivity index (χ0v) is 32.0.